The molecule has 1 aromatic carbocycles. The highest BCUT2D eigenvalue weighted by molar-refractivity contribution is 5.86. The third-order valence-corrected chi connectivity index (χ3v) is 8.71. The van der Waals surface area contributed by atoms with Gasteiger partial charge in [-0.15, -0.1) is 0 Å². The van der Waals surface area contributed by atoms with Crippen molar-refractivity contribution in [2.75, 3.05) is 5.73 Å². The predicted octanol–water partition coefficient (Wildman–Crippen LogP) is 4.24. The molecule has 1 fully saturated rings. The van der Waals surface area contributed by atoms with Gasteiger partial charge in [-0.3, -0.25) is 4.98 Å². The Kier molecular flexibility index (Phi) is 5.92. The van der Waals surface area contributed by atoms with E-state index in [1.807, 2.05) is 16.8 Å². The number of fused-ring (bicyclic) bond motifs is 3. The average molecular weight is 486 g/mol. The third-order valence-electron chi connectivity index (χ3n) is 8.71. The van der Waals surface area contributed by atoms with Crippen molar-refractivity contribution < 1.29 is 10.2 Å². The lowest BCUT2D eigenvalue weighted by atomic mass is 9.80. The van der Waals surface area contributed by atoms with E-state index < -0.39 is 12.2 Å². The quantitative estimate of drug-likeness (QED) is 0.390. The van der Waals surface area contributed by atoms with Crippen molar-refractivity contribution in [1.29, 1.82) is 0 Å². The molecular weight excluding hydrogens is 450 g/mol. The lowest BCUT2D eigenvalue weighted by molar-refractivity contribution is 0.00545. The zero-order valence-electron chi connectivity index (χ0n) is 21.0. The molecule has 0 saturated heterocycles. The number of hydrogen-bond acceptors (Lipinski definition) is 6. The number of rotatable bonds is 5. The standard InChI is InChI=1S/C29H35N5O2/c1-16(2)18-7-8-20-12-19-5-3-17(11-23(19)33-24(20)13-18)4-6-21-14-25(27(36)26(21)35)34-10-9-22-28(30)31-15-32-29(22)34/h3,5,9-12,15-16,18,21,25-27,35-36H,4,6-8,13-14H2,1-2H3,(H2,30,31,32)/t18-,21+,25-,26-,27+/m1/s1. The molecule has 6 rings (SSSR count). The number of nitrogens with zero attached hydrogens (tertiary/aromatic N) is 4. The average Bonchev–Trinajstić information content (AvgIpc) is 3.42. The second-order valence-electron chi connectivity index (χ2n) is 11.2. The Bertz CT molecular complexity index is 1410. The monoisotopic (exact) mass is 485 g/mol. The van der Waals surface area contributed by atoms with Crippen LogP contribution in [0.4, 0.5) is 5.82 Å². The number of aliphatic hydroxyl groups excluding tert-OH is 2. The topological polar surface area (TPSA) is 110 Å². The van der Waals surface area contributed by atoms with Crippen LogP contribution in [-0.4, -0.2) is 41.9 Å². The van der Waals surface area contributed by atoms with Gasteiger partial charge in [-0.2, -0.15) is 0 Å². The fraction of sp³-hybridized carbons (Fsp3) is 0.483. The van der Waals surface area contributed by atoms with Crippen molar-refractivity contribution in [3.8, 4) is 0 Å². The van der Waals surface area contributed by atoms with E-state index in [0.717, 1.165) is 36.6 Å². The zero-order chi connectivity index (χ0) is 25.0. The van der Waals surface area contributed by atoms with Gasteiger partial charge in [0, 0.05) is 17.3 Å². The summed E-state index contributed by atoms with van der Waals surface area (Å²) in [4.78, 5) is 13.5. The van der Waals surface area contributed by atoms with Gasteiger partial charge in [0.05, 0.1) is 23.0 Å². The van der Waals surface area contributed by atoms with E-state index in [-0.39, 0.29) is 12.0 Å². The minimum absolute atomic E-state index is 0.000577. The fourth-order valence-electron chi connectivity index (χ4n) is 6.38. The van der Waals surface area contributed by atoms with Crippen LogP contribution >= 0.6 is 0 Å². The maximum Gasteiger partial charge on any atom is 0.145 e. The molecule has 2 aliphatic rings. The highest BCUT2D eigenvalue weighted by Crippen LogP contribution is 2.40. The van der Waals surface area contributed by atoms with E-state index in [2.05, 4.69) is 48.1 Å². The summed E-state index contributed by atoms with van der Waals surface area (Å²) < 4.78 is 1.94. The highest BCUT2D eigenvalue weighted by Gasteiger charge is 2.42. The molecule has 0 amide bonds. The van der Waals surface area contributed by atoms with Gasteiger partial charge in [-0.1, -0.05) is 26.0 Å². The number of hydrogen-bond donors (Lipinski definition) is 3. The van der Waals surface area contributed by atoms with Gasteiger partial charge in [-0.25, -0.2) is 9.97 Å². The molecule has 7 nitrogen and oxygen atoms in total. The molecule has 4 N–H and O–H groups in total. The van der Waals surface area contributed by atoms with Crippen LogP contribution in [0.1, 0.15) is 56.0 Å². The molecule has 0 bridgehead atoms. The first kappa shape index (κ1) is 23.4. The Morgan fingerprint density at radius 2 is 1.97 bits per heavy atom. The third kappa shape index (κ3) is 4.04. The number of pyridine rings is 1. The Hall–Kier alpha value is -3.03. The largest absolute Gasteiger partial charge is 0.390 e. The summed E-state index contributed by atoms with van der Waals surface area (Å²) in [5.74, 6) is 1.83. The number of nitrogens with two attached hydrogens (primary N) is 1. The van der Waals surface area contributed by atoms with Crippen molar-refractivity contribution in [2.45, 2.75) is 70.6 Å². The van der Waals surface area contributed by atoms with Crippen molar-refractivity contribution in [3.05, 3.63) is 59.7 Å². The summed E-state index contributed by atoms with van der Waals surface area (Å²) in [7, 11) is 0. The maximum absolute atomic E-state index is 10.9. The van der Waals surface area contributed by atoms with Gasteiger partial charge in [0.2, 0.25) is 0 Å². The Morgan fingerprint density at radius 1 is 1.11 bits per heavy atom. The van der Waals surface area contributed by atoms with E-state index in [4.69, 9.17) is 10.7 Å². The van der Waals surface area contributed by atoms with Crippen LogP contribution in [0.2, 0.25) is 0 Å². The molecule has 1 saturated carbocycles. The molecule has 0 radical (unpaired) electrons. The molecular formula is C29H35N5O2. The van der Waals surface area contributed by atoms with Crippen LogP contribution in [0.25, 0.3) is 21.9 Å². The molecule has 0 aliphatic heterocycles. The Balaban J connectivity index is 1.18. The van der Waals surface area contributed by atoms with Crippen molar-refractivity contribution in [2.24, 2.45) is 17.8 Å². The van der Waals surface area contributed by atoms with Crippen LogP contribution < -0.4 is 5.73 Å². The van der Waals surface area contributed by atoms with Crippen LogP contribution in [0.15, 0.2) is 42.9 Å². The molecule has 4 aromatic rings. The van der Waals surface area contributed by atoms with E-state index >= 15 is 0 Å². The van der Waals surface area contributed by atoms with Gasteiger partial charge in [0.25, 0.3) is 0 Å². The molecule has 3 aromatic heterocycles. The summed E-state index contributed by atoms with van der Waals surface area (Å²) in [6.07, 6.45) is 7.49. The van der Waals surface area contributed by atoms with Crippen LogP contribution in [0.3, 0.4) is 0 Å². The molecule has 3 heterocycles. The second kappa shape index (κ2) is 9.12. The van der Waals surface area contributed by atoms with Gasteiger partial charge < -0.3 is 20.5 Å². The number of benzene rings is 1. The van der Waals surface area contributed by atoms with E-state index in [1.165, 1.54) is 35.0 Å². The molecule has 7 heteroatoms. The second-order valence-corrected chi connectivity index (χ2v) is 11.2. The predicted molar refractivity (Wildman–Crippen MR) is 142 cm³/mol. The van der Waals surface area contributed by atoms with Crippen LogP contribution in [-0.2, 0) is 19.3 Å². The highest BCUT2D eigenvalue weighted by atomic mass is 16.3. The van der Waals surface area contributed by atoms with Gasteiger partial charge in [0.1, 0.15) is 23.9 Å². The summed E-state index contributed by atoms with van der Waals surface area (Å²) >= 11 is 0. The maximum atomic E-state index is 10.9. The molecule has 36 heavy (non-hydrogen) atoms. The first-order valence-electron chi connectivity index (χ1n) is 13.2. The Morgan fingerprint density at radius 3 is 2.81 bits per heavy atom. The number of aromatic nitrogens is 4. The first-order valence-corrected chi connectivity index (χ1v) is 13.2. The molecule has 5 atom stereocenters. The number of nitrogen functional groups attached to an aromatic ring is 1. The molecule has 2 aliphatic carbocycles. The molecule has 0 unspecified atom stereocenters. The van der Waals surface area contributed by atoms with Crippen molar-refractivity contribution in [3.63, 3.8) is 0 Å². The Labute approximate surface area is 211 Å². The van der Waals surface area contributed by atoms with Gasteiger partial charge in [-0.05, 0) is 85.6 Å². The van der Waals surface area contributed by atoms with E-state index in [1.54, 1.807) is 0 Å². The molecule has 0 spiro atoms. The van der Waals surface area contributed by atoms with Crippen molar-refractivity contribution in [1.82, 2.24) is 19.5 Å². The number of aryl methyl sites for hydroxylation is 2. The zero-order valence-corrected chi connectivity index (χ0v) is 21.0. The van der Waals surface area contributed by atoms with E-state index in [9.17, 15) is 10.2 Å². The molecule has 188 valence electrons. The summed E-state index contributed by atoms with van der Waals surface area (Å²) in [6.45, 7) is 4.63. The summed E-state index contributed by atoms with van der Waals surface area (Å²) in [5, 5.41) is 23.7. The number of anilines is 1. The van der Waals surface area contributed by atoms with Gasteiger partial charge in [0.15, 0.2) is 0 Å². The minimum Gasteiger partial charge on any atom is -0.390 e. The van der Waals surface area contributed by atoms with Crippen molar-refractivity contribution >= 4 is 27.8 Å². The number of aliphatic hydroxyl groups is 2. The SMILES string of the molecule is CC(C)[C@@H]1CCc2cc3ccc(CC[C@H]4C[C@@H](n5ccc6c(N)ncnc65)[C@H](O)[C@@H]4O)cc3nc2C1. The van der Waals surface area contributed by atoms with Crippen LogP contribution in [0, 0.1) is 17.8 Å². The normalized spacial score (nSPS) is 26.2. The lowest BCUT2D eigenvalue weighted by Gasteiger charge is -2.27. The first-order chi connectivity index (χ1) is 17.4. The summed E-state index contributed by atoms with van der Waals surface area (Å²) in [5.41, 5.74) is 11.7. The minimum atomic E-state index is -0.847. The lowest BCUT2D eigenvalue weighted by Crippen LogP contribution is -2.29. The van der Waals surface area contributed by atoms with Gasteiger partial charge >= 0.3 is 0 Å². The van der Waals surface area contributed by atoms with Crippen LogP contribution in [0.5, 0.6) is 0 Å². The van der Waals surface area contributed by atoms with E-state index in [0.29, 0.717) is 29.7 Å². The summed E-state index contributed by atoms with van der Waals surface area (Å²) in [6, 6.07) is 10.5. The smallest absolute Gasteiger partial charge is 0.145 e. The fourth-order valence-corrected chi connectivity index (χ4v) is 6.38.